The lowest BCUT2D eigenvalue weighted by Crippen LogP contribution is -2.39. The number of hydrogen-bond acceptors (Lipinski definition) is 3. The average molecular weight is 264 g/mol. The van der Waals surface area contributed by atoms with E-state index in [2.05, 4.69) is 10.6 Å². The zero-order chi connectivity index (χ0) is 14.3. The molecule has 0 bridgehead atoms. The minimum atomic E-state index is -0.283. The van der Waals surface area contributed by atoms with E-state index in [0.717, 1.165) is 5.56 Å². The standard InChI is InChI=1S/C15H24N2O2/c1-15(2,11-18)13(9-17-14(19)10-16-3)12-7-5-4-6-8-12/h4-8,13,16,18H,9-11H2,1-3H3,(H,17,19). The number of benzene rings is 1. The van der Waals surface area contributed by atoms with Crippen LogP contribution in [0.4, 0.5) is 0 Å². The highest BCUT2D eigenvalue weighted by molar-refractivity contribution is 5.78. The summed E-state index contributed by atoms with van der Waals surface area (Å²) < 4.78 is 0. The maximum absolute atomic E-state index is 11.6. The van der Waals surface area contributed by atoms with Gasteiger partial charge in [-0.25, -0.2) is 0 Å². The van der Waals surface area contributed by atoms with Crippen molar-refractivity contribution in [3.05, 3.63) is 35.9 Å². The van der Waals surface area contributed by atoms with E-state index in [9.17, 15) is 9.90 Å². The molecule has 1 rings (SSSR count). The molecule has 1 aromatic carbocycles. The zero-order valence-corrected chi connectivity index (χ0v) is 11.9. The highest BCUT2D eigenvalue weighted by Crippen LogP contribution is 2.34. The van der Waals surface area contributed by atoms with E-state index in [-0.39, 0.29) is 23.8 Å². The predicted octanol–water partition coefficient (Wildman–Crippen LogP) is 1.12. The van der Waals surface area contributed by atoms with Gasteiger partial charge in [0.2, 0.25) is 5.91 Å². The van der Waals surface area contributed by atoms with Crippen molar-refractivity contribution < 1.29 is 9.90 Å². The fraction of sp³-hybridized carbons (Fsp3) is 0.533. The number of amides is 1. The number of carbonyl (C=O) groups is 1. The van der Waals surface area contributed by atoms with Crippen molar-refractivity contribution in [2.24, 2.45) is 5.41 Å². The summed E-state index contributed by atoms with van der Waals surface area (Å²) in [5.41, 5.74) is 0.847. The summed E-state index contributed by atoms with van der Waals surface area (Å²) in [6.45, 7) is 4.93. The van der Waals surface area contributed by atoms with Crippen molar-refractivity contribution in [2.75, 3.05) is 26.7 Å². The molecule has 1 unspecified atom stereocenters. The number of hydrogen-bond donors (Lipinski definition) is 3. The summed E-state index contributed by atoms with van der Waals surface area (Å²) in [5, 5.41) is 15.3. The van der Waals surface area contributed by atoms with Crippen molar-refractivity contribution in [3.63, 3.8) is 0 Å². The molecule has 0 aliphatic rings. The highest BCUT2D eigenvalue weighted by Gasteiger charge is 2.30. The molecule has 4 heteroatoms. The largest absolute Gasteiger partial charge is 0.396 e. The van der Waals surface area contributed by atoms with Crippen molar-refractivity contribution in [1.82, 2.24) is 10.6 Å². The summed E-state index contributed by atoms with van der Waals surface area (Å²) in [6.07, 6.45) is 0. The second-order valence-electron chi connectivity index (χ2n) is 5.44. The number of likely N-dealkylation sites (N-methyl/N-ethyl adjacent to an activating group) is 1. The first-order valence-corrected chi connectivity index (χ1v) is 6.58. The Morgan fingerprint density at radius 2 is 1.95 bits per heavy atom. The molecule has 4 nitrogen and oxygen atoms in total. The number of carbonyl (C=O) groups excluding carboxylic acids is 1. The van der Waals surface area contributed by atoms with Gasteiger partial charge in [0.05, 0.1) is 6.54 Å². The molecule has 0 aliphatic heterocycles. The number of nitrogens with one attached hydrogen (secondary N) is 2. The number of rotatable bonds is 7. The van der Waals surface area contributed by atoms with Crippen LogP contribution < -0.4 is 10.6 Å². The minimum absolute atomic E-state index is 0.0304. The van der Waals surface area contributed by atoms with Crippen LogP contribution in [0.3, 0.4) is 0 Å². The van der Waals surface area contributed by atoms with Crippen molar-refractivity contribution in [3.8, 4) is 0 Å². The van der Waals surface area contributed by atoms with Gasteiger partial charge >= 0.3 is 0 Å². The lowest BCUT2D eigenvalue weighted by molar-refractivity contribution is -0.120. The van der Waals surface area contributed by atoms with Crippen LogP contribution in [0.15, 0.2) is 30.3 Å². The Balaban J connectivity index is 2.80. The second kappa shape index (κ2) is 7.26. The van der Waals surface area contributed by atoms with Gasteiger partial charge in [-0.3, -0.25) is 4.79 Å². The maximum atomic E-state index is 11.6. The molecular formula is C15H24N2O2. The van der Waals surface area contributed by atoms with E-state index in [1.165, 1.54) is 0 Å². The Hall–Kier alpha value is -1.39. The normalized spacial score (nSPS) is 13.1. The van der Waals surface area contributed by atoms with Crippen molar-refractivity contribution in [2.45, 2.75) is 19.8 Å². The van der Waals surface area contributed by atoms with Gasteiger partial charge < -0.3 is 15.7 Å². The van der Waals surface area contributed by atoms with Gasteiger partial charge in [0.25, 0.3) is 0 Å². The second-order valence-corrected chi connectivity index (χ2v) is 5.44. The lowest BCUT2D eigenvalue weighted by Gasteiger charge is -2.33. The SMILES string of the molecule is CNCC(=O)NCC(c1ccccc1)C(C)(C)CO. The summed E-state index contributed by atoms with van der Waals surface area (Å²) in [7, 11) is 1.74. The first kappa shape index (κ1) is 15.7. The Kier molecular flexibility index (Phi) is 5.99. The zero-order valence-electron chi connectivity index (χ0n) is 11.9. The van der Waals surface area contributed by atoms with E-state index < -0.39 is 0 Å². The van der Waals surface area contributed by atoms with Crippen LogP contribution in [0.5, 0.6) is 0 Å². The molecular weight excluding hydrogens is 240 g/mol. The van der Waals surface area contributed by atoms with E-state index in [4.69, 9.17) is 0 Å². The fourth-order valence-corrected chi connectivity index (χ4v) is 2.08. The summed E-state index contributed by atoms with van der Waals surface area (Å²) in [4.78, 5) is 11.6. The minimum Gasteiger partial charge on any atom is -0.396 e. The molecule has 0 aromatic heterocycles. The predicted molar refractivity (Wildman–Crippen MR) is 77.0 cm³/mol. The molecule has 3 N–H and O–H groups in total. The first-order valence-electron chi connectivity index (χ1n) is 6.58. The summed E-state index contributed by atoms with van der Waals surface area (Å²) in [5.74, 6) is 0.0525. The highest BCUT2D eigenvalue weighted by atomic mass is 16.3. The third-order valence-electron chi connectivity index (χ3n) is 3.39. The molecule has 0 radical (unpaired) electrons. The van der Waals surface area contributed by atoms with Gasteiger partial charge in [0, 0.05) is 19.1 Å². The molecule has 0 aliphatic carbocycles. The molecule has 1 atom stereocenters. The van der Waals surface area contributed by atoms with Crippen LogP contribution in [0.25, 0.3) is 0 Å². The Morgan fingerprint density at radius 1 is 1.32 bits per heavy atom. The van der Waals surface area contributed by atoms with Crippen LogP contribution >= 0.6 is 0 Å². The smallest absolute Gasteiger partial charge is 0.233 e. The molecule has 1 amide bonds. The van der Waals surface area contributed by atoms with Crippen LogP contribution in [0, 0.1) is 5.41 Å². The molecule has 106 valence electrons. The number of aliphatic hydroxyl groups is 1. The molecule has 0 fully saturated rings. The summed E-state index contributed by atoms with van der Waals surface area (Å²) >= 11 is 0. The average Bonchev–Trinajstić information content (AvgIpc) is 2.40. The third kappa shape index (κ3) is 4.65. The van der Waals surface area contributed by atoms with Crippen LogP contribution in [-0.4, -0.2) is 37.8 Å². The Labute approximate surface area is 115 Å². The van der Waals surface area contributed by atoms with Crippen LogP contribution in [0.1, 0.15) is 25.3 Å². The molecule has 1 aromatic rings. The van der Waals surface area contributed by atoms with Gasteiger partial charge in [0.15, 0.2) is 0 Å². The third-order valence-corrected chi connectivity index (χ3v) is 3.39. The van der Waals surface area contributed by atoms with Gasteiger partial charge in [-0.15, -0.1) is 0 Å². The summed E-state index contributed by atoms with van der Waals surface area (Å²) in [6, 6.07) is 9.99. The molecule has 0 spiro atoms. The van der Waals surface area contributed by atoms with Crippen molar-refractivity contribution >= 4 is 5.91 Å². The molecule has 19 heavy (non-hydrogen) atoms. The van der Waals surface area contributed by atoms with E-state index in [1.807, 2.05) is 44.2 Å². The van der Waals surface area contributed by atoms with Crippen molar-refractivity contribution in [1.29, 1.82) is 0 Å². The maximum Gasteiger partial charge on any atom is 0.233 e. The first-order chi connectivity index (χ1) is 9.01. The fourth-order valence-electron chi connectivity index (χ4n) is 2.08. The van der Waals surface area contributed by atoms with Crippen LogP contribution in [0.2, 0.25) is 0 Å². The topological polar surface area (TPSA) is 61.4 Å². The van der Waals surface area contributed by atoms with E-state index >= 15 is 0 Å². The quantitative estimate of drug-likeness (QED) is 0.692. The van der Waals surface area contributed by atoms with Gasteiger partial charge in [0.1, 0.15) is 0 Å². The molecule has 0 saturated heterocycles. The Morgan fingerprint density at radius 3 is 2.47 bits per heavy atom. The Bertz CT molecular complexity index is 390. The lowest BCUT2D eigenvalue weighted by atomic mass is 9.75. The molecule has 0 saturated carbocycles. The van der Waals surface area contributed by atoms with E-state index in [0.29, 0.717) is 13.1 Å². The van der Waals surface area contributed by atoms with Gasteiger partial charge in [-0.05, 0) is 18.0 Å². The molecule has 0 heterocycles. The van der Waals surface area contributed by atoms with Crippen LogP contribution in [-0.2, 0) is 4.79 Å². The number of aliphatic hydroxyl groups excluding tert-OH is 1. The van der Waals surface area contributed by atoms with Gasteiger partial charge in [-0.2, -0.15) is 0 Å². The van der Waals surface area contributed by atoms with Gasteiger partial charge in [-0.1, -0.05) is 44.2 Å². The monoisotopic (exact) mass is 264 g/mol. The van der Waals surface area contributed by atoms with E-state index in [1.54, 1.807) is 7.05 Å².